The summed E-state index contributed by atoms with van der Waals surface area (Å²) >= 11 is 0. The van der Waals surface area contributed by atoms with Gasteiger partial charge in [0.15, 0.2) is 0 Å². The second-order valence-corrected chi connectivity index (χ2v) is 8.33. The molecule has 7 nitrogen and oxygen atoms in total. The summed E-state index contributed by atoms with van der Waals surface area (Å²) in [6, 6.07) is 12.7. The summed E-state index contributed by atoms with van der Waals surface area (Å²) in [6.45, 7) is 10.1. The topological polar surface area (TPSA) is 76.2 Å². The van der Waals surface area contributed by atoms with E-state index in [9.17, 15) is 9.18 Å². The zero-order valence-corrected chi connectivity index (χ0v) is 19.8. The second-order valence-electron chi connectivity index (χ2n) is 8.33. The Labute approximate surface area is 198 Å². The van der Waals surface area contributed by atoms with Gasteiger partial charge in [0.1, 0.15) is 5.82 Å². The first-order chi connectivity index (χ1) is 16.5. The van der Waals surface area contributed by atoms with Crippen molar-refractivity contribution in [1.29, 1.82) is 0 Å². The summed E-state index contributed by atoms with van der Waals surface area (Å²) < 4.78 is 21.0. The second kappa shape index (κ2) is 10.6. The van der Waals surface area contributed by atoms with Crippen LogP contribution in [-0.2, 0) is 17.8 Å². The number of carbonyl (C=O) groups excluding carboxylic acids is 1. The summed E-state index contributed by atoms with van der Waals surface area (Å²) in [7, 11) is 0. The molecule has 2 heterocycles. The molecule has 0 unspecified atom stereocenters. The fourth-order valence-electron chi connectivity index (χ4n) is 3.96. The minimum Gasteiger partial charge on any atom is -0.346 e. The molecule has 2 aromatic carbocycles. The van der Waals surface area contributed by atoms with Crippen LogP contribution in [0.1, 0.15) is 31.7 Å². The lowest BCUT2D eigenvalue weighted by molar-refractivity contribution is -0.116. The van der Waals surface area contributed by atoms with Crippen LogP contribution in [0.3, 0.4) is 0 Å². The summed E-state index contributed by atoms with van der Waals surface area (Å²) in [6.07, 6.45) is 2.63. The lowest BCUT2D eigenvalue weighted by Gasteiger charge is -2.18. The molecule has 0 spiro atoms. The highest BCUT2D eigenvalue weighted by atomic mass is 19.1. The van der Waals surface area contributed by atoms with E-state index in [2.05, 4.69) is 51.0 Å². The quantitative estimate of drug-likeness (QED) is 0.356. The summed E-state index contributed by atoms with van der Waals surface area (Å²) in [5, 5.41) is 7.98. The molecule has 34 heavy (non-hydrogen) atoms. The molecule has 178 valence electrons. The molecule has 0 aliphatic heterocycles. The Morgan fingerprint density at radius 3 is 2.74 bits per heavy atom. The predicted octanol–water partition coefficient (Wildman–Crippen LogP) is 5.05. The van der Waals surface area contributed by atoms with Crippen LogP contribution < -0.4 is 5.32 Å². The van der Waals surface area contributed by atoms with Gasteiger partial charge in [-0.25, -0.2) is 4.39 Å². The zero-order chi connectivity index (χ0) is 24.1. The van der Waals surface area contributed by atoms with Crippen LogP contribution in [0.15, 0.2) is 53.2 Å². The molecule has 2 aromatic heterocycles. The number of hydrogen-bond acceptors (Lipinski definition) is 5. The van der Waals surface area contributed by atoms with Gasteiger partial charge in [0.25, 0.3) is 0 Å². The Morgan fingerprint density at radius 2 is 1.97 bits per heavy atom. The number of rotatable bonds is 10. The van der Waals surface area contributed by atoms with E-state index < -0.39 is 0 Å². The first kappa shape index (κ1) is 23.6. The first-order valence-electron chi connectivity index (χ1n) is 11.7. The third kappa shape index (κ3) is 5.51. The van der Waals surface area contributed by atoms with Gasteiger partial charge in [-0.15, -0.1) is 0 Å². The summed E-state index contributed by atoms with van der Waals surface area (Å²) in [4.78, 5) is 19.2. The van der Waals surface area contributed by atoms with Crippen LogP contribution in [0.4, 0.5) is 10.1 Å². The van der Waals surface area contributed by atoms with E-state index >= 15 is 0 Å². The number of carbonyl (C=O) groups is 1. The number of nitrogens with zero attached hydrogens (tertiary/aromatic N) is 4. The van der Waals surface area contributed by atoms with Crippen molar-refractivity contribution in [3.8, 4) is 11.4 Å². The van der Waals surface area contributed by atoms with E-state index in [-0.39, 0.29) is 18.1 Å². The third-order valence-corrected chi connectivity index (χ3v) is 6.06. The Morgan fingerprint density at radius 1 is 1.15 bits per heavy atom. The van der Waals surface area contributed by atoms with E-state index in [1.807, 2.05) is 18.2 Å². The predicted molar refractivity (Wildman–Crippen MR) is 131 cm³/mol. The van der Waals surface area contributed by atoms with Crippen LogP contribution >= 0.6 is 0 Å². The van der Waals surface area contributed by atoms with Gasteiger partial charge in [0.05, 0.1) is 0 Å². The zero-order valence-electron chi connectivity index (χ0n) is 19.8. The molecule has 0 bridgehead atoms. The molecule has 4 aromatic rings. The highest BCUT2D eigenvalue weighted by molar-refractivity contribution is 5.94. The maximum atomic E-state index is 13.5. The number of aryl methyl sites for hydroxylation is 2. The number of likely N-dealkylation sites (N-methyl/N-ethyl adjacent to an activating group) is 1. The molecule has 0 atom stereocenters. The molecule has 1 amide bonds. The number of fused-ring (bicyclic) bond motifs is 1. The van der Waals surface area contributed by atoms with Crippen molar-refractivity contribution < 1.29 is 13.7 Å². The third-order valence-electron chi connectivity index (χ3n) is 6.06. The highest BCUT2D eigenvalue weighted by Gasteiger charge is 2.12. The maximum Gasteiger partial charge on any atom is 0.227 e. The normalized spacial score (nSPS) is 11.4. The number of aromatic nitrogens is 3. The van der Waals surface area contributed by atoms with Crippen molar-refractivity contribution in [3.63, 3.8) is 0 Å². The Hall–Kier alpha value is -3.52. The van der Waals surface area contributed by atoms with Crippen molar-refractivity contribution in [2.24, 2.45) is 0 Å². The summed E-state index contributed by atoms with van der Waals surface area (Å²) in [5.74, 6) is 0.346. The monoisotopic (exact) mass is 463 g/mol. The van der Waals surface area contributed by atoms with Crippen molar-refractivity contribution >= 4 is 22.5 Å². The van der Waals surface area contributed by atoms with E-state index in [0.717, 1.165) is 42.8 Å². The van der Waals surface area contributed by atoms with Crippen LogP contribution in [-0.4, -0.2) is 45.1 Å². The van der Waals surface area contributed by atoms with E-state index in [0.29, 0.717) is 29.3 Å². The van der Waals surface area contributed by atoms with Crippen molar-refractivity contribution in [2.75, 3.05) is 25.0 Å². The Balaban J connectivity index is 1.33. The molecule has 0 fully saturated rings. The molecule has 0 saturated carbocycles. The van der Waals surface area contributed by atoms with Crippen molar-refractivity contribution in [3.05, 3.63) is 65.9 Å². The van der Waals surface area contributed by atoms with Crippen LogP contribution in [0.25, 0.3) is 22.3 Å². The van der Waals surface area contributed by atoms with Gasteiger partial charge in [-0.1, -0.05) is 19.0 Å². The standard InChI is InChI=1S/C26H30FN5O2/c1-4-31(5-2)14-15-32-13-12-19-17-21(7-9-23(19)32)28-24(33)10-11-25-29-26(30-34-25)20-6-8-22(27)18(3)16-20/h6-9,12-13,16-17H,4-5,10-11,14-15H2,1-3H3,(H,28,33). The lowest BCUT2D eigenvalue weighted by Crippen LogP contribution is -2.26. The Kier molecular flexibility index (Phi) is 7.37. The van der Waals surface area contributed by atoms with E-state index in [4.69, 9.17) is 4.52 Å². The molecule has 4 rings (SSSR count). The number of nitrogens with one attached hydrogen (secondary N) is 1. The largest absolute Gasteiger partial charge is 0.346 e. The van der Waals surface area contributed by atoms with Gasteiger partial charge in [0.2, 0.25) is 17.6 Å². The molecule has 1 N–H and O–H groups in total. The van der Waals surface area contributed by atoms with Gasteiger partial charge in [-0.05, 0) is 68.0 Å². The fourth-order valence-corrected chi connectivity index (χ4v) is 3.96. The van der Waals surface area contributed by atoms with Gasteiger partial charge in [-0.3, -0.25) is 4.79 Å². The van der Waals surface area contributed by atoms with Gasteiger partial charge in [-0.2, -0.15) is 4.98 Å². The molecule has 8 heteroatoms. The van der Waals surface area contributed by atoms with Gasteiger partial charge < -0.3 is 19.3 Å². The van der Waals surface area contributed by atoms with Crippen LogP contribution in [0, 0.1) is 12.7 Å². The molecular weight excluding hydrogens is 433 g/mol. The molecular formula is C26H30FN5O2. The van der Waals surface area contributed by atoms with Crippen LogP contribution in [0.5, 0.6) is 0 Å². The summed E-state index contributed by atoms with van der Waals surface area (Å²) in [5.41, 5.74) is 3.10. The number of hydrogen-bond donors (Lipinski definition) is 1. The van der Waals surface area contributed by atoms with Gasteiger partial charge >= 0.3 is 0 Å². The maximum absolute atomic E-state index is 13.5. The number of halogens is 1. The Bertz CT molecular complexity index is 1280. The fraction of sp³-hybridized carbons (Fsp3) is 0.346. The number of benzene rings is 2. The van der Waals surface area contributed by atoms with E-state index in [1.165, 1.54) is 6.07 Å². The van der Waals surface area contributed by atoms with Crippen LogP contribution in [0.2, 0.25) is 0 Å². The smallest absolute Gasteiger partial charge is 0.227 e. The minimum atomic E-state index is -0.279. The lowest BCUT2D eigenvalue weighted by atomic mass is 10.1. The number of amides is 1. The molecule has 0 aliphatic rings. The molecule has 0 radical (unpaired) electrons. The SMILES string of the molecule is CCN(CC)CCn1ccc2cc(NC(=O)CCc3nc(-c4ccc(F)c(C)c4)no3)ccc21. The average molecular weight is 464 g/mol. The average Bonchev–Trinajstić information content (AvgIpc) is 3.47. The van der Waals surface area contributed by atoms with E-state index in [1.54, 1.807) is 19.1 Å². The molecule has 0 saturated heterocycles. The minimum absolute atomic E-state index is 0.127. The van der Waals surface area contributed by atoms with Gasteiger partial charge in [0, 0.05) is 54.3 Å². The van der Waals surface area contributed by atoms with Crippen molar-refractivity contribution in [2.45, 2.75) is 40.2 Å². The van der Waals surface area contributed by atoms with Crippen molar-refractivity contribution in [1.82, 2.24) is 19.6 Å². The number of anilines is 1. The first-order valence-corrected chi connectivity index (χ1v) is 11.7. The molecule has 0 aliphatic carbocycles. The highest BCUT2D eigenvalue weighted by Crippen LogP contribution is 2.22.